The molecule has 0 amide bonds. The highest BCUT2D eigenvalue weighted by atomic mass is 16.5. The molecule has 1 unspecified atom stereocenters. The van der Waals surface area contributed by atoms with Crippen molar-refractivity contribution >= 4 is 0 Å². The van der Waals surface area contributed by atoms with Gasteiger partial charge < -0.3 is 15.2 Å². The standard InChI is InChI=1S/C10H19NO2/c12-7-9-13-8-6-11-10-4-2-1-3-5-10/h1-2,10-12H,3-9H2. The van der Waals surface area contributed by atoms with Gasteiger partial charge in [0.25, 0.3) is 0 Å². The summed E-state index contributed by atoms with van der Waals surface area (Å²) in [6.45, 7) is 2.15. The normalized spacial score (nSPS) is 22.1. The Balaban J connectivity index is 1.90. The molecule has 0 aromatic rings. The molecule has 0 fully saturated rings. The van der Waals surface area contributed by atoms with E-state index in [1.807, 2.05) is 0 Å². The highest BCUT2D eigenvalue weighted by Gasteiger charge is 2.07. The van der Waals surface area contributed by atoms with Crippen molar-refractivity contribution in [1.82, 2.24) is 5.32 Å². The summed E-state index contributed by atoms with van der Waals surface area (Å²) >= 11 is 0. The van der Waals surface area contributed by atoms with E-state index >= 15 is 0 Å². The highest BCUT2D eigenvalue weighted by molar-refractivity contribution is 4.92. The van der Waals surface area contributed by atoms with Crippen molar-refractivity contribution in [3.8, 4) is 0 Å². The fraction of sp³-hybridized carbons (Fsp3) is 0.800. The van der Waals surface area contributed by atoms with Crippen LogP contribution in [-0.2, 0) is 4.74 Å². The SMILES string of the molecule is OCCOCCNC1CC=CCC1. The predicted octanol–water partition coefficient (Wildman–Crippen LogP) is 0.694. The molecule has 3 heteroatoms. The maximum atomic E-state index is 8.46. The Morgan fingerprint density at radius 3 is 3.00 bits per heavy atom. The van der Waals surface area contributed by atoms with E-state index in [-0.39, 0.29) is 6.61 Å². The zero-order valence-corrected chi connectivity index (χ0v) is 8.04. The Labute approximate surface area is 79.8 Å². The second-order valence-corrected chi connectivity index (χ2v) is 3.27. The molecular formula is C10H19NO2. The molecule has 0 saturated carbocycles. The first kappa shape index (κ1) is 10.7. The Morgan fingerprint density at radius 1 is 1.38 bits per heavy atom. The molecule has 0 bridgehead atoms. The number of hydrogen-bond donors (Lipinski definition) is 2. The summed E-state index contributed by atoms with van der Waals surface area (Å²) < 4.78 is 5.14. The van der Waals surface area contributed by atoms with Gasteiger partial charge in [-0.05, 0) is 19.3 Å². The molecule has 3 nitrogen and oxygen atoms in total. The van der Waals surface area contributed by atoms with Gasteiger partial charge in [0.05, 0.1) is 19.8 Å². The van der Waals surface area contributed by atoms with Crippen molar-refractivity contribution in [2.45, 2.75) is 25.3 Å². The van der Waals surface area contributed by atoms with Crippen LogP contribution in [0.2, 0.25) is 0 Å². The quantitative estimate of drug-likeness (QED) is 0.472. The van der Waals surface area contributed by atoms with Gasteiger partial charge in [-0.25, -0.2) is 0 Å². The lowest BCUT2D eigenvalue weighted by Crippen LogP contribution is -2.32. The Bertz CT molecular complexity index is 148. The third-order valence-electron chi connectivity index (χ3n) is 2.18. The average Bonchev–Trinajstić information content (AvgIpc) is 2.19. The number of nitrogens with one attached hydrogen (secondary N) is 1. The fourth-order valence-corrected chi connectivity index (χ4v) is 1.48. The Kier molecular flexibility index (Phi) is 5.81. The molecule has 2 N–H and O–H groups in total. The van der Waals surface area contributed by atoms with Crippen molar-refractivity contribution in [2.24, 2.45) is 0 Å². The van der Waals surface area contributed by atoms with Crippen LogP contribution in [-0.4, -0.2) is 37.5 Å². The van der Waals surface area contributed by atoms with Gasteiger partial charge in [-0.15, -0.1) is 0 Å². The molecule has 1 aliphatic carbocycles. The predicted molar refractivity (Wildman–Crippen MR) is 52.7 cm³/mol. The molecule has 76 valence electrons. The van der Waals surface area contributed by atoms with Crippen LogP contribution in [0.25, 0.3) is 0 Å². The molecule has 0 aromatic carbocycles. The lowest BCUT2D eigenvalue weighted by molar-refractivity contribution is 0.0924. The van der Waals surface area contributed by atoms with Crippen LogP contribution < -0.4 is 5.32 Å². The van der Waals surface area contributed by atoms with Gasteiger partial charge in [-0.1, -0.05) is 12.2 Å². The number of allylic oxidation sites excluding steroid dienone is 1. The summed E-state index contributed by atoms with van der Waals surface area (Å²) in [5.41, 5.74) is 0. The van der Waals surface area contributed by atoms with E-state index in [1.54, 1.807) is 0 Å². The van der Waals surface area contributed by atoms with Crippen LogP contribution in [0.3, 0.4) is 0 Å². The number of aliphatic hydroxyl groups excluding tert-OH is 1. The minimum Gasteiger partial charge on any atom is -0.394 e. The van der Waals surface area contributed by atoms with Gasteiger partial charge in [0.2, 0.25) is 0 Å². The van der Waals surface area contributed by atoms with Gasteiger partial charge in [0, 0.05) is 12.6 Å². The molecule has 0 spiro atoms. The maximum Gasteiger partial charge on any atom is 0.0698 e. The topological polar surface area (TPSA) is 41.5 Å². The smallest absolute Gasteiger partial charge is 0.0698 e. The van der Waals surface area contributed by atoms with Crippen LogP contribution in [0.1, 0.15) is 19.3 Å². The van der Waals surface area contributed by atoms with E-state index in [2.05, 4.69) is 17.5 Å². The second-order valence-electron chi connectivity index (χ2n) is 3.27. The van der Waals surface area contributed by atoms with Crippen LogP contribution in [0.5, 0.6) is 0 Å². The maximum absolute atomic E-state index is 8.46. The lowest BCUT2D eigenvalue weighted by Gasteiger charge is -2.19. The highest BCUT2D eigenvalue weighted by Crippen LogP contribution is 2.09. The van der Waals surface area contributed by atoms with Gasteiger partial charge in [-0.2, -0.15) is 0 Å². The first-order valence-corrected chi connectivity index (χ1v) is 5.00. The zero-order valence-electron chi connectivity index (χ0n) is 8.04. The molecule has 1 rings (SSSR count). The fourth-order valence-electron chi connectivity index (χ4n) is 1.48. The van der Waals surface area contributed by atoms with Crippen LogP contribution in [0.15, 0.2) is 12.2 Å². The summed E-state index contributed by atoms with van der Waals surface area (Å²) in [6, 6.07) is 0.628. The number of ether oxygens (including phenoxy) is 1. The van der Waals surface area contributed by atoms with Crippen molar-refractivity contribution in [3.63, 3.8) is 0 Å². The van der Waals surface area contributed by atoms with Gasteiger partial charge >= 0.3 is 0 Å². The monoisotopic (exact) mass is 185 g/mol. The molecule has 0 aromatic heterocycles. The van der Waals surface area contributed by atoms with Crippen molar-refractivity contribution in [3.05, 3.63) is 12.2 Å². The van der Waals surface area contributed by atoms with E-state index in [0.717, 1.165) is 13.0 Å². The summed E-state index contributed by atoms with van der Waals surface area (Å²) in [4.78, 5) is 0. The van der Waals surface area contributed by atoms with Crippen LogP contribution in [0, 0.1) is 0 Å². The molecule has 1 aliphatic rings. The third-order valence-corrected chi connectivity index (χ3v) is 2.18. The van der Waals surface area contributed by atoms with Crippen molar-refractivity contribution in [1.29, 1.82) is 0 Å². The van der Waals surface area contributed by atoms with Crippen molar-refractivity contribution < 1.29 is 9.84 Å². The van der Waals surface area contributed by atoms with E-state index in [4.69, 9.17) is 9.84 Å². The Hall–Kier alpha value is -0.380. The number of rotatable bonds is 6. The summed E-state index contributed by atoms with van der Waals surface area (Å²) in [5, 5.41) is 11.9. The van der Waals surface area contributed by atoms with Gasteiger partial charge in [0.1, 0.15) is 0 Å². The molecule has 0 radical (unpaired) electrons. The minimum atomic E-state index is 0.117. The van der Waals surface area contributed by atoms with Crippen LogP contribution in [0.4, 0.5) is 0 Å². The molecule has 0 aliphatic heterocycles. The first-order chi connectivity index (χ1) is 6.43. The van der Waals surface area contributed by atoms with E-state index in [9.17, 15) is 0 Å². The number of aliphatic hydroxyl groups is 1. The van der Waals surface area contributed by atoms with E-state index in [0.29, 0.717) is 19.3 Å². The third kappa shape index (κ3) is 5.03. The van der Waals surface area contributed by atoms with Gasteiger partial charge in [0.15, 0.2) is 0 Å². The van der Waals surface area contributed by atoms with Crippen molar-refractivity contribution in [2.75, 3.05) is 26.4 Å². The Morgan fingerprint density at radius 2 is 2.31 bits per heavy atom. The minimum absolute atomic E-state index is 0.117. The lowest BCUT2D eigenvalue weighted by atomic mass is 10.0. The molecule has 0 saturated heterocycles. The first-order valence-electron chi connectivity index (χ1n) is 5.00. The zero-order chi connectivity index (χ0) is 9.36. The van der Waals surface area contributed by atoms with E-state index < -0.39 is 0 Å². The molecule has 13 heavy (non-hydrogen) atoms. The molecular weight excluding hydrogens is 166 g/mol. The summed E-state index contributed by atoms with van der Waals surface area (Å²) in [5.74, 6) is 0. The van der Waals surface area contributed by atoms with E-state index in [1.165, 1.54) is 12.8 Å². The summed E-state index contributed by atoms with van der Waals surface area (Å²) in [7, 11) is 0. The number of hydrogen-bond acceptors (Lipinski definition) is 3. The molecule has 1 atom stereocenters. The average molecular weight is 185 g/mol. The largest absolute Gasteiger partial charge is 0.394 e. The molecule has 0 heterocycles. The van der Waals surface area contributed by atoms with Crippen LogP contribution >= 0.6 is 0 Å². The second kappa shape index (κ2) is 7.06. The van der Waals surface area contributed by atoms with Gasteiger partial charge in [-0.3, -0.25) is 0 Å². The summed E-state index contributed by atoms with van der Waals surface area (Å²) in [6.07, 6.45) is 8.03.